The molecule has 19 heavy (non-hydrogen) atoms. The summed E-state index contributed by atoms with van der Waals surface area (Å²) in [4.78, 5) is 42.1. The number of hydrogen-bond acceptors (Lipinski definition) is 4. The summed E-state index contributed by atoms with van der Waals surface area (Å²) in [6, 6.07) is 1.62. The number of anilines is 1. The molecule has 2 aromatic heterocycles. The van der Waals surface area contributed by atoms with Gasteiger partial charge in [0.05, 0.1) is 11.9 Å². The highest BCUT2D eigenvalue weighted by Crippen LogP contribution is 2.16. The van der Waals surface area contributed by atoms with Gasteiger partial charge in [0, 0.05) is 6.20 Å². The number of nitrogens with zero attached hydrogens (tertiary/aromatic N) is 1. The summed E-state index contributed by atoms with van der Waals surface area (Å²) >= 11 is 5.76. The third-order valence-corrected chi connectivity index (χ3v) is 2.73. The number of hydrogen-bond donors (Lipinski definition) is 3. The van der Waals surface area contributed by atoms with Crippen LogP contribution in [0.25, 0.3) is 0 Å². The Morgan fingerprint density at radius 2 is 2.16 bits per heavy atom. The lowest BCUT2D eigenvalue weighted by Gasteiger charge is -2.05. The van der Waals surface area contributed by atoms with Gasteiger partial charge in [0.25, 0.3) is 11.5 Å². The largest absolute Gasteiger partial charge is 0.325 e. The van der Waals surface area contributed by atoms with Crippen molar-refractivity contribution in [1.82, 2.24) is 15.0 Å². The molecule has 0 atom stereocenters. The quantitative estimate of drug-likeness (QED) is 0.703. The lowest BCUT2D eigenvalue weighted by molar-refractivity contribution is 0.102. The summed E-state index contributed by atoms with van der Waals surface area (Å²) in [5.41, 5.74) is -0.551. The summed E-state index contributed by atoms with van der Waals surface area (Å²) in [7, 11) is 0. The Morgan fingerprint density at radius 3 is 2.79 bits per heavy atom. The van der Waals surface area contributed by atoms with Crippen LogP contribution in [0.5, 0.6) is 0 Å². The van der Waals surface area contributed by atoms with E-state index in [4.69, 9.17) is 11.6 Å². The van der Waals surface area contributed by atoms with Gasteiger partial charge >= 0.3 is 5.69 Å². The summed E-state index contributed by atoms with van der Waals surface area (Å²) in [6.07, 6.45) is 2.42. The van der Waals surface area contributed by atoms with E-state index in [1.54, 1.807) is 13.0 Å². The molecule has 2 rings (SSSR count). The maximum atomic E-state index is 11.8. The first-order chi connectivity index (χ1) is 8.97. The number of aromatic nitrogens is 3. The molecule has 98 valence electrons. The zero-order valence-corrected chi connectivity index (χ0v) is 10.5. The van der Waals surface area contributed by atoms with Crippen molar-refractivity contribution in [3.63, 3.8) is 0 Å². The Kier molecular flexibility index (Phi) is 3.48. The van der Waals surface area contributed by atoms with Crippen LogP contribution in [0, 0.1) is 6.92 Å². The predicted molar refractivity (Wildman–Crippen MR) is 69.6 cm³/mol. The van der Waals surface area contributed by atoms with Crippen molar-refractivity contribution >= 4 is 23.2 Å². The molecule has 0 saturated carbocycles. The molecule has 0 aliphatic rings. The number of halogens is 1. The summed E-state index contributed by atoms with van der Waals surface area (Å²) < 4.78 is 0. The van der Waals surface area contributed by atoms with Crippen LogP contribution in [0.15, 0.2) is 28.0 Å². The molecule has 0 fully saturated rings. The second-order valence-electron chi connectivity index (χ2n) is 3.77. The van der Waals surface area contributed by atoms with Crippen molar-refractivity contribution in [3.8, 4) is 0 Å². The van der Waals surface area contributed by atoms with Crippen LogP contribution in [0.2, 0.25) is 5.15 Å². The summed E-state index contributed by atoms with van der Waals surface area (Å²) in [5, 5.41) is 2.82. The predicted octanol–water partition coefficient (Wildman–Crippen LogP) is 0.672. The zero-order valence-electron chi connectivity index (χ0n) is 9.78. The van der Waals surface area contributed by atoms with Crippen LogP contribution >= 0.6 is 11.6 Å². The number of aryl methyl sites for hydroxylation is 1. The van der Waals surface area contributed by atoms with Crippen LogP contribution in [0.4, 0.5) is 5.69 Å². The maximum absolute atomic E-state index is 11.8. The minimum atomic E-state index is -0.764. The van der Waals surface area contributed by atoms with E-state index in [9.17, 15) is 14.4 Å². The maximum Gasteiger partial charge on any atom is 0.325 e. The Morgan fingerprint density at radius 1 is 1.42 bits per heavy atom. The molecule has 7 nitrogen and oxygen atoms in total. The lowest BCUT2D eigenvalue weighted by atomic mass is 10.2. The topological polar surface area (TPSA) is 108 Å². The van der Waals surface area contributed by atoms with E-state index >= 15 is 0 Å². The van der Waals surface area contributed by atoms with Gasteiger partial charge in [-0.2, -0.15) is 0 Å². The average Bonchev–Trinajstić information content (AvgIpc) is 2.33. The molecule has 8 heteroatoms. The molecule has 3 N–H and O–H groups in total. The molecule has 0 spiro atoms. The number of carbonyl (C=O) groups excluding carboxylic acids is 1. The van der Waals surface area contributed by atoms with Crippen LogP contribution in [-0.4, -0.2) is 20.9 Å². The van der Waals surface area contributed by atoms with Crippen LogP contribution in [0.1, 0.15) is 15.9 Å². The van der Waals surface area contributed by atoms with Gasteiger partial charge in [0.1, 0.15) is 10.7 Å². The van der Waals surface area contributed by atoms with Gasteiger partial charge in [0.2, 0.25) is 0 Å². The van der Waals surface area contributed by atoms with Crippen LogP contribution in [-0.2, 0) is 0 Å². The average molecular weight is 281 g/mol. The Balaban J connectivity index is 2.28. The van der Waals surface area contributed by atoms with Crippen molar-refractivity contribution in [2.24, 2.45) is 0 Å². The van der Waals surface area contributed by atoms with Gasteiger partial charge in [-0.05, 0) is 18.6 Å². The van der Waals surface area contributed by atoms with Crippen molar-refractivity contribution in [2.75, 3.05) is 5.32 Å². The van der Waals surface area contributed by atoms with Crippen LogP contribution in [0.3, 0.4) is 0 Å². The smallest absolute Gasteiger partial charge is 0.320 e. The second kappa shape index (κ2) is 5.07. The summed E-state index contributed by atoms with van der Waals surface area (Å²) in [5.74, 6) is -0.652. The van der Waals surface area contributed by atoms with E-state index in [0.29, 0.717) is 16.4 Å². The third kappa shape index (κ3) is 2.89. The molecule has 0 aliphatic heterocycles. The minimum Gasteiger partial charge on any atom is -0.320 e. The first kappa shape index (κ1) is 13.0. The van der Waals surface area contributed by atoms with E-state index in [1.165, 1.54) is 6.20 Å². The monoisotopic (exact) mass is 280 g/mol. The highest BCUT2D eigenvalue weighted by molar-refractivity contribution is 6.30. The molecule has 0 unspecified atom stereocenters. The second-order valence-corrected chi connectivity index (χ2v) is 4.13. The van der Waals surface area contributed by atoms with Gasteiger partial charge in [-0.15, -0.1) is 0 Å². The normalized spacial score (nSPS) is 10.2. The first-order valence-corrected chi connectivity index (χ1v) is 5.60. The number of nitrogens with one attached hydrogen (secondary N) is 3. The molecule has 2 heterocycles. The SMILES string of the molecule is Cc1cc(NC(=O)c2c[nH]c(=O)[nH]c2=O)cnc1Cl. The highest BCUT2D eigenvalue weighted by atomic mass is 35.5. The standard InChI is InChI=1S/C11H9ClN4O3/c1-5-2-6(3-13-8(5)12)15-9(17)7-4-14-11(19)16-10(7)18/h2-4H,1H3,(H,15,17)(H2,14,16,18,19). The molecular formula is C11H9ClN4O3. The number of aromatic amines is 2. The number of carbonyl (C=O) groups is 1. The summed E-state index contributed by atoms with van der Waals surface area (Å²) in [6.45, 7) is 1.73. The first-order valence-electron chi connectivity index (χ1n) is 5.23. The lowest BCUT2D eigenvalue weighted by Crippen LogP contribution is -2.29. The van der Waals surface area contributed by atoms with E-state index in [1.807, 2.05) is 4.98 Å². The zero-order chi connectivity index (χ0) is 14.0. The van der Waals surface area contributed by atoms with Crippen molar-refractivity contribution < 1.29 is 4.79 Å². The minimum absolute atomic E-state index is 0.202. The van der Waals surface area contributed by atoms with Gasteiger partial charge in [-0.25, -0.2) is 9.78 Å². The number of amides is 1. The number of pyridine rings is 1. The van der Waals surface area contributed by atoms with Crippen LogP contribution < -0.4 is 16.6 Å². The van der Waals surface area contributed by atoms with E-state index in [0.717, 1.165) is 6.20 Å². The third-order valence-electron chi connectivity index (χ3n) is 2.34. The number of rotatable bonds is 2. The van der Waals surface area contributed by atoms with Crippen molar-refractivity contribution in [3.05, 3.63) is 55.6 Å². The molecule has 0 aromatic carbocycles. The fourth-order valence-electron chi connectivity index (χ4n) is 1.40. The van der Waals surface area contributed by atoms with Crippen molar-refractivity contribution in [1.29, 1.82) is 0 Å². The fraction of sp³-hybridized carbons (Fsp3) is 0.0909. The van der Waals surface area contributed by atoms with Gasteiger partial charge in [0.15, 0.2) is 0 Å². The van der Waals surface area contributed by atoms with Crippen molar-refractivity contribution in [2.45, 2.75) is 6.92 Å². The molecule has 0 radical (unpaired) electrons. The van der Waals surface area contributed by atoms with Gasteiger partial charge < -0.3 is 10.3 Å². The number of H-pyrrole nitrogens is 2. The Labute approximate surface area is 111 Å². The molecular weight excluding hydrogens is 272 g/mol. The molecule has 1 amide bonds. The Bertz CT molecular complexity index is 750. The molecule has 0 bridgehead atoms. The Hall–Kier alpha value is -2.41. The van der Waals surface area contributed by atoms with E-state index in [-0.39, 0.29) is 5.56 Å². The van der Waals surface area contributed by atoms with Gasteiger partial charge in [-0.1, -0.05) is 11.6 Å². The molecule has 0 aliphatic carbocycles. The fourth-order valence-corrected chi connectivity index (χ4v) is 1.51. The highest BCUT2D eigenvalue weighted by Gasteiger charge is 2.11. The van der Waals surface area contributed by atoms with E-state index < -0.39 is 17.2 Å². The molecule has 2 aromatic rings. The molecule has 0 saturated heterocycles. The van der Waals surface area contributed by atoms with Gasteiger partial charge in [-0.3, -0.25) is 14.6 Å². The van der Waals surface area contributed by atoms with E-state index in [2.05, 4.69) is 15.3 Å².